The highest BCUT2D eigenvalue weighted by molar-refractivity contribution is 9.10. The molecule has 0 bridgehead atoms. The molecule has 0 spiro atoms. The van der Waals surface area contributed by atoms with Crippen LogP contribution in [0.15, 0.2) is 71.2 Å². The molecule has 6 nitrogen and oxygen atoms in total. The summed E-state index contributed by atoms with van der Waals surface area (Å²) in [6.07, 6.45) is 0. The largest absolute Gasteiger partial charge is 0.378 e. The second-order valence-corrected chi connectivity index (χ2v) is 9.37. The molecule has 0 aliphatic carbocycles. The lowest BCUT2D eigenvalue weighted by atomic mass is 10.1. The second kappa shape index (κ2) is 9.50. The molecule has 0 aliphatic heterocycles. The zero-order chi connectivity index (χ0) is 22.7. The molecule has 3 aromatic carbocycles. The number of benzene rings is 3. The van der Waals surface area contributed by atoms with Gasteiger partial charge < -0.3 is 15.5 Å². The Balaban J connectivity index is 1.49. The molecule has 0 saturated carbocycles. The van der Waals surface area contributed by atoms with Gasteiger partial charge in [-0.3, -0.25) is 4.79 Å². The third-order valence-electron chi connectivity index (χ3n) is 4.88. The van der Waals surface area contributed by atoms with E-state index in [2.05, 4.69) is 53.8 Å². The molecule has 0 atom stereocenters. The van der Waals surface area contributed by atoms with Gasteiger partial charge in [0, 0.05) is 46.8 Å². The number of halogens is 1. The van der Waals surface area contributed by atoms with Crippen LogP contribution in [0.4, 0.5) is 22.2 Å². The fourth-order valence-electron chi connectivity index (χ4n) is 3.08. The number of carbonyl (C=O) groups is 1. The Hall–Kier alpha value is -3.23. The fourth-order valence-corrected chi connectivity index (χ4v) is 4.24. The maximum Gasteiger partial charge on any atom is 0.255 e. The number of hydrogen-bond donors (Lipinski definition) is 2. The molecule has 0 unspecified atom stereocenters. The molecule has 8 heteroatoms. The summed E-state index contributed by atoms with van der Waals surface area (Å²) in [5.74, 6) is -0.166. The smallest absolute Gasteiger partial charge is 0.255 e. The summed E-state index contributed by atoms with van der Waals surface area (Å²) in [6, 6.07) is 21.2. The first-order valence-corrected chi connectivity index (χ1v) is 11.6. The van der Waals surface area contributed by atoms with Crippen LogP contribution in [0.5, 0.6) is 0 Å². The van der Waals surface area contributed by atoms with Crippen molar-refractivity contribution in [3.05, 3.63) is 82.3 Å². The molecule has 162 valence electrons. The van der Waals surface area contributed by atoms with Crippen molar-refractivity contribution in [1.29, 1.82) is 0 Å². The van der Waals surface area contributed by atoms with Crippen molar-refractivity contribution in [1.82, 2.24) is 10.2 Å². The van der Waals surface area contributed by atoms with Crippen LogP contribution in [0, 0.1) is 6.92 Å². The molecule has 4 rings (SSSR count). The van der Waals surface area contributed by atoms with E-state index in [-0.39, 0.29) is 5.91 Å². The van der Waals surface area contributed by atoms with E-state index in [1.165, 1.54) is 11.3 Å². The predicted octanol–water partition coefficient (Wildman–Crippen LogP) is 6.34. The van der Waals surface area contributed by atoms with E-state index in [9.17, 15) is 4.79 Å². The maximum absolute atomic E-state index is 12.6. The first-order valence-electron chi connectivity index (χ1n) is 9.95. The van der Waals surface area contributed by atoms with Gasteiger partial charge in [-0.2, -0.15) is 0 Å². The summed E-state index contributed by atoms with van der Waals surface area (Å²) in [5, 5.41) is 16.4. The Morgan fingerprint density at radius 1 is 1.00 bits per heavy atom. The van der Waals surface area contributed by atoms with Crippen molar-refractivity contribution < 1.29 is 4.79 Å². The molecule has 1 heterocycles. The van der Waals surface area contributed by atoms with Gasteiger partial charge in [0.05, 0.1) is 0 Å². The summed E-state index contributed by atoms with van der Waals surface area (Å²) in [6.45, 7) is 2.00. The summed E-state index contributed by atoms with van der Waals surface area (Å²) >= 11 is 4.88. The second-order valence-electron chi connectivity index (χ2n) is 7.47. The van der Waals surface area contributed by atoms with Gasteiger partial charge in [0.25, 0.3) is 5.91 Å². The summed E-state index contributed by atoms with van der Waals surface area (Å²) in [7, 11) is 4.03. The van der Waals surface area contributed by atoms with Crippen LogP contribution in [0.2, 0.25) is 0 Å². The number of aromatic nitrogens is 2. The molecule has 1 amide bonds. The Labute approximate surface area is 199 Å². The highest BCUT2D eigenvalue weighted by atomic mass is 79.9. The molecule has 1 aromatic heterocycles. The van der Waals surface area contributed by atoms with E-state index in [1.807, 2.05) is 63.5 Å². The molecule has 4 aromatic rings. The first-order chi connectivity index (χ1) is 15.4. The third-order valence-corrected chi connectivity index (χ3v) is 6.26. The van der Waals surface area contributed by atoms with E-state index < -0.39 is 0 Å². The molecule has 32 heavy (non-hydrogen) atoms. The van der Waals surface area contributed by atoms with Gasteiger partial charge in [0.15, 0.2) is 0 Å². The molecule has 2 N–H and O–H groups in total. The van der Waals surface area contributed by atoms with Crippen molar-refractivity contribution in [2.75, 3.05) is 29.6 Å². The highest BCUT2D eigenvalue weighted by Gasteiger charge is 2.11. The van der Waals surface area contributed by atoms with E-state index in [0.29, 0.717) is 16.4 Å². The van der Waals surface area contributed by atoms with E-state index >= 15 is 0 Å². The minimum absolute atomic E-state index is 0.166. The summed E-state index contributed by atoms with van der Waals surface area (Å²) < 4.78 is 0.861. The van der Waals surface area contributed by atoms with E-state index in [1.54, 1.807) is 12.1 Å². The van der Waals surface area contributed by atoms with Crippen LogP contribution in [0.25, 0.3) is 10.6 Å². The Morgan fingerprint density at radius 3 is 2.50 bits per heavy atom. The average molecular weight is 508 g/mol. The van der Waals surface area contributed by atoms with E-state index in [4.69, 9.17) is 0 Å². The fraction of sp³-hybridized carbons (Fsp3) is 0.125. The van der Waals surface area contributed by atoms with Crippen molar-refractivity contribution in [2.24, 2.45) is 0 Å². The molecular weight excluding hydrogens is 486 g/mol. The van der Waals surface area contributed by atoms with Crippen LogP contribution in [-0.2, 0) is 0 Å². The Morgan fingerprint density at radius 2 is 1.78 bits per heavy atom. The molecule has 0 radical (unpaired) electrons. The van der Waals surface area contributed by atoms with E-state index in [0.717, 1.165) is 32.0 Å². The number of amides is 1. The van der Waals surface area contributed by atoms with Gasteiger partial charge in [-0.15, -0.1) is 10.2 Å². The maximum atomic E-state index is 12.6. The van der Waals surface area contributed by atoms with Crippen LogP contribution in [0.3, 0.4) is 0 Å². The minimum atomic E-state index is -0.166. The van der Waals surface area contributed by atoms with Gasteiger partial charge in [-0.05, 0) is 67.1 Å². The zero-order valence-electron chi connectivity index (χ0n) is 17.9. The Kier molecular flexibility index (Phi) is 6.53. The lowest BCUT2D eigenvalue weighted by molar-refractivity contribution is 0.102. The first kappa shape index (κ1) is 22.0. The van der Waals surface area contributed by atoms with Gasteiger partial charge >= 0.3 is 0 Å². The standard InChI is InChI=1S/C24H22BrN5OS/c1-15-7-10-19(26-22(31)17-5-4-6-18(25)13-17)14-21(15)27-24-29-28-23(32-24)16-8-11-20(12-9-16)30(2)3/h4-14H,1-3H3,(H,26,31)(H,27,29). The van der Waals surface area contributed by atoms with Crippen LogP contribution in [0.1, 0.15) is 15.9 Å². The third kappa shape index (κ3) is 5.15. The molecule has 0 saturated heterocycles. The van der Waals surface area contributed by atoms with Crippen LogP contribution in [-0.4, -0.2) is 30.2 Å². The predicted molar refractivity (Wildman–Crippen MR) is 136 cm³/mol. The molecular formula is C24H22BrN5OS. The van der Waals surface area contributed by atoms with Crippen LogP contribution >= 0.6 is 27.3 Å². The van der Waals surface area contributed by atoms with Crippen molar-refractivity contribution >= 4 is 55.4 Å². The number of nitrogens with zero attached hydrogens (tertiary/aromatic N) is 3. The average Bonchev–Trinajstić information content (AvgIpc) is 3.24. The summed E-state index contributed by atoms with van der Waals surface area (Å²) in [5.41, 5.74) is 5.35. The van der Waals surface area contributed by atoms with Crippen molar-refractivity contribution in [3.63, 3.8) is 0 Å². The number of rotatable bonds is 6. The SMILES string of the molecule is Cc1ccc(NC(=O)c2cccc(Br)c2)cc1Nc1nnc(-c2ccc(N(C)C)cc2)s1. The van der Waals surface area contributed by atoms with Crippen LogP contribution < -0.4 is 15.5 Å². The van der Waals surface area contributed by atoms with Crippen molar-refractivity contribution in [2.45, 2.75) is 6.92 Å². The number of hydrogen-bond acceptors (Lipinski definition) is 6. The zero-order valence-corrected chi connectivity index (χ0v) is 20.3. The number of nitrogens with one attached hydrogen (secondary N) is 2. The van der Waals surface area contributed by atoms with Crippen molar-refractivity contribution in [3.8, 4) is 10.6 Å². The lowest BCUT2D eigenvalue weighted by Gasteiger charge is -2.12. The highest BCUT2D eigenvalue weighted by Crippen LogP contribution is 2.31. The topological polar surface area (TPSA) is 70.1 Å². The number of anilines is 4. The molecule has 0 fully saturated rings. The molecule has 0 aliphatic rings. The Bertz CT molecular complexity index is 1250. The normalized spacial score (nSPS) is 10.6. The van der Waals surface area contributed by atoms with Gasteiger partial charge in [0.2, 0.25) is 5.13 Å². The minimum Gasteiger partial charge on any atom is -0.378 e. The van der Waals surface area contributed by atoms with Gasteiger partial charge in [-0.1, -0.05) is 39.4 Å². The monoisotopic (exact) mass is 507 g/mol. The number of aryl methyl sites for hydroxylation is 1. The summed E-state index contributed by atoms with van der Waals surface area (Å²) in [4.78, 5) is 14.6. The lowest BCUT2D eigenvalue weighted by Crippen LogP contribution is -2.12. The van der Waals surface area contributed by atoms with Gasteiger partial charge in [-0.25, -0.2) is 0 Å². The van der Waals surface area contributed by atoms with Gasteiger partial charge in [0.1, 0.15) is 5.01 Å². The quantitative estimate of drug-likeness (QED) is 0.318. The number of carbonyl (C=O) groups excluding carboxylic acids is 1.